The number of nitro groups is 1. The van der Waals surface area contributed by atoms with Crippen LogP contribution in [0.25, 0.3) is 11.5 Å². The lowest BCUT2D eigenvalue weighted by molar-refractivity contribution is -0.384. The van der Waals surface area contributed by atoms with Crippen molar-refractivity contribution in [2.24, 2.45) is 0 Å². The normalized spacial score (nSPS) is 10.4. The van der Waals surface area contributed by atoms with Crippen molar-refractivity contribution >= 4 is 11.7 Å². The Bertz CT molecular complexity index is 681. The van der Waals surface area contributed by atoms with Crippen LogP contribution >= 0.6 is 0 Å². The Morgan fingerprint density at radius 2 is 2.14 bits per heavy atom. The predicted octanol–water partition coefficient (Wildman–Crippen LogP) is 1.58. The number of carbonyl (C=O) groups excluding carboxylic acids is 1. The SMILES string of the molecule is COCc1noc(-c2cc(C(=O)OC)cc([N+](=O)[O-])c2)n1. The Labute approximate surface area is 118 Å². The summed E-state index contributed by atoms with van der Waals surface area (Å²) in [5.74, 6) is -0.355. The van der Waals surface area contributed by atoms with Crippen molar-refractivity contribution in [2.45, 2.75) is 6.61 Å². The summed E-state index contributed by atoms with van der Waals surface area (Å²) >= 11 is 0. The van der Waals surface area contributed by atoms with E-state index in [4.69, 9.17) is 9.26 Å². The third-order valence-electron chi connectivity index (χ3n) is 2.54. The van der Waals surface area contributed by atoms with Crippen molar-refractivity contribution in [3.05, 3.63) is 39.7 Å². The number of esters is 1. The van der Waals surface area contributed by atoms with Gasteiger partial charge in [-0.15, -0.1) is 0 Å². The van der Waals surface area contributed by atoms with Crippen LogP contribution in [0.1, 0.15) is 16.2 Å². The maximum absolute atomic E-state index is 11.5. The van der Waals surface area contributed by atoms with Gasteiger partial charge < -0.3 is 14.0 Å². The van der Waals surface area contributed by atoms with Gasteiger partial charge in [-0.05, 0) is 6.07 Å². The highest BCUT2D eigenvalue weighted by Crippen LogP contribution is 2.25. The van der Waals surface area contributed by atoms with Gasteiger partial charge in [-0.1, -0.05) is 5.16 Å². The molecule has 0 aliphatic heterocycles. The second-order valence-corrected chi connectivity index (χ2v) is 3.97. The summed E-state index contributed by atoms with van der Waals surface area (Å²) in [5, 5.41) is 14.6. The molecule has 0 bridgehead atoms. The summed E-state index contributed by atoms with van der Waals surface area (Å²) in [7, 11) is 2.66. The minimum absolute atomic E-state index is 0.0215. The van der Waals surface area contributed by atoms with Gasteiger partial charge in [0.1, 0.15) is 6.61 Å². The third kappa shape index (κ3) is 3.20. The van der Waals surface area contributed by atoms with Crippen LogP contribution in [0, 0.1) is 10.1 Å². The molecule has 0 fully saturated rings. The molecule has 2 aromatic rings. The molecule has 0 saturated carbocycles. The lowest BCUT2D eigenvalue weighted by Crippen LogP contribution is -2.02. The number of rotatable bonds is 5. The van der Waals surface area contributed by atoms with E-state index >= 15 is 0 Å². The Balaban J connectivity index is 2.48. The van der Waals surface area contributed by atoms with Crippen LogP contribution in [-0.4, -0.2) is 35.3 Å². The first-order valence-corrected chi connectivity index (χ1v) is 5.75. The van der Waals surface area contributed by atoms with Crippen LogP contribution in [-0.2, 0) is 16.1 Å². The molecule has 1 aromatic heterocycles. The number of benzene rings is 1. The number of methoxy groups -OCH3 is 2. The maximum atomic E-state index is 11.5. The molecular formula is C12H11N3O6. The topological polar surface area (TPSA) is 118 Å². The largest absolute Gasteiger partial charge is 0.465 e. The molecule has 0 radical (unpaired) electrons. The molecule has 21 heavy (non-hydrogen) atoms. The van der Waals surface area contributed by atoms with Crippen molar-refractivity contribution in [1.29, 1.82) is 0 Å². The van der Waals surface area contributed by atoms with Gasteiger partial charge in [0, 0.05) is 24.8 Å². The summed E-state index contributed by atoms with van der Waals surface area (Å²) < 4.78 is 14.4. The maximum Gasteiger partial charge on any atom is 0.338 e. The van der Waals surface area contributed by atoms with Gasteiger partial charge in [-0.3, -0.25) is 10.1 Å². The number of ether oxygens (including phenoxy) is 2. The van der Waals surface area contributed by atoms with Gasteiger partial charge in [0.25, 0.3) is 11.6 Å². The van der Waals surface area contributed by atoms with Crippen LogP contribution in [0.15, 0.2) is 22.7 Å². The monoisotopic (exact) mass is 293 g/mol. The Hall–Kier alpha value is -2.81. The number of hydrogen-bond acceptors (Lipinski definition) is 8. The van der Waals surface area contributed by atoms with E-state index in [1.807, 2.05) is 0 Å². The van der Waals surface area contributed by atoms with Gasteiger partial charge in [0.2, 0.25) is 0 Å². The second-order valence-electron chi connectivity index (χ2n) is 3.97. The van der Waals surface area contributed by atoms with Crippen LogP contribution in [0.5, 0.6) is 0 Å². The lowest BCUT2D eigenvalue weighted by atomic mass is 10.1. The molecular weight excluding hydrogens is 282 g/mol. The van der Waals surface area contributed by atoms with Gasteiger partial charge in [-0.25, -0.2) is 4.79 Å². The minimum Gasteiger partial charge on any atom is -0.465 e. The van der Waals surface area contributed by atoms with Crippen LogP contribution in [0.2, 0.25) is 0 Å². The highest BCUT2D eigenvalue weighted by molar-refractivity contribution is 5.91. The van der Waals surface area contributed by atoms with Crippen LogP contribution in [0.4, 0.5) is 5.69 Å². The van der Waals surface area contributed by atoms with E-state index in [0.29, 0.717) is 5.82 Å². The fraction of sp³-hybridized carbons (Fsp3) is 0.250. The molecule has 110 valence electrons. The average molecular weight is 293 g/mol. The van der Waals surface area contributed by atoms with E-state index in [-0.39, 0.29) is 29.3 Å². The summed E-state index contributed by atoms with van der Waals surface area (Å²) in [6, 6.07) is 3.72. The third-order valence-corrected chi connectivity index (χ3v) is 2.54. The molecule has 0 unspecified atom stereocenters. The zero-order valence-corrected chi connectivity index (χ0v) is 11.2. The molecule has 0 aliphatic carbocycles. The minimum atomic E-state index is -0.698. The first-order chi connectivity index (χ1) is 10.0. The molecule has 9 nitrogen and oxygen atoms in total. The van der Waals surface area contributed by atoms with Crippen molar-refractivity contribution in [2.75, 3.05) is 14.2 Å². The molecule has 0 aliphatic rings. The Morgan fingerprint density at radius 3 is 2.76 bits per heavy atom. The highest BCUT2D eigenvalue weighted by Gasteiger charge is 2.18. The number of nitro benzene ring substituents is 1. The second kappa shape index (κ2) is 6.09. The van der Waals surface area contributed by atoms with E-state index in [1.54, 1.807) is 0 Å². The standard InChI is InChI=1S/C12H11N3O6/c1-19-6-10-13-11(21-14-10)7-3-8(12(16)20-2)5-9(4-7)15(17)18/h3-5H,6H2,1-2H3. The Morgan fingerprint density at radius 1 is 1.38 bits per heavy atom. The fourth-order valence-corrected chi connectivity index (χ4v) is 1.63. The molecule has 0 atom stereocenters. The van der Waals surface area contributed by atoms with Crippen molar-refractivity contribution < 1.29 is 23.7 Å². The van der Waals surface area contributed by atoms with Crippen molar-refractivity contribution in [1.82, 2.24) is 10.1 Å². The molecule has 1 heterocycles. The van der Waals surface area contributed by atoms with Gasteiger partial charge >= 0.3 is 5.97 Å². The van der Waals surface area contributed by atoms with E-state index < -0.39 is 10.9 Å². The number of hydrogen-bond donors (Lipinski definition) is 0. The van der Waals surface area contributed by atoms with Crippen LogP contribution in [0.3, 0.4) is 0 Å². The van der Waals surface area contributed by atoms with E-state index in [1.165, 1.54) is 26.4 Å². The zero-order valence-electron chi connectivity index (χ0n) is 11.2. The van der Waals surface area contributed by atoms with Gasteiger partial charge in [0.05, 0.1) is 17.6 Å². The zero-order chi connectivity index (χ0) is 15.4. The van der Waals surface area contributed by atoms with Crippen molar-refractivity contribution in [3.63, 3.8) is 0 Å². The van der Waals surface area contributed by atoms with Crippen molar-refractivity contribution in [3.8, 4) is 11.5 Å². The van der Waals surface area contributed by atoms with Crippen LogP contribution < -0.4 is 0 Å². The summed E-state index contributed by atoms with van der Waals surface area (Å²) in [5.41, 5.74) is -0.00737. The van der Waals surface area contributed by atoms with Gasteiger partial charge in [0.15, 0.2) is 5.82 Å². The smallest absolute Gasteiger partial charge is 0.338 e. The van der Waals surface area contributed by atoms with Gasteiger partial charge in [-0.2, -0.15) is 4.98 Å². The molecule has 2 rings (SSSR count). The number of non-ortho nitro benzene ring substituents is 1. The first kappa shape index (κ1) is 14.6. The molecule has 1 aromatic carbocycles. The number of nitrogens with zero attached hydrogens (tertiary/aromatic N) is 3. The number of carbonyl (C=O) groups is 1. The molecule has 0 saturated heterocycles. The average Bonchev–Trinajstić information content (AvgIpc) is 2.95. The summed E-state index contributed by atoms with van der Waals surface area (Å²) in [4.78, 5) is 25.9. The fourth-order valence-electron chi connectivity index (χ4n) is 1.63. The van der Waals surface area contributed by atoms with E-state index in [0.717, 1.165) is 6.07 Å². The summed E-state index contributed by atoms with van der Waals surface area (Å²) in [6.45, 7) is 0.141. The number of aromatic nitrogens is 2. The molecule has 9 heteroatoms. The quantitative estimate of drug-likeness (QED) is 0.463. The molecule has 0 N–H and O–H groups in total. The Kier molecular flexibility index (Phi) is 4.24. The van der Waals surface area contributed by atoms with E-state index in [9.17, 15) is 14.9 Å². The summed E-state index contributed by atoms with van der Waals surface area (Å²) in [6.07, 6.45) is 0. The lowest BCUT2D eigenvalue weighted by Gasteiger charge is -2.01. The molecule has 0 spiro atoms. The molecule has 0 amide bonds. The van der Waals surface area contributed by atoms with E-state index in [2.05, 4.69) is 14.9 Å². The first-order valence-electron chi connectivity index (χ1n) is 5.75. The predicted molar refractivity (Wildman–Crippen MR) is 68.4 cm³/mol. The highest BCUT2D eigenvalue weighted by atomic mass is 16.6.